The first kappa shape index (κ1) is 12.1. The molecule has 1 aliphatic carbocycles. The fourth-order valence-electron chi connectivity index (χ4n) is 2.45. The van der Waals surface area contributed by atoms with Crippen molar-refractivity contribution < 1.29 is 0 Å². The second kappa shape index (κ2) is 5.37. The predicted molar refractivity (Wildman–Crippen MR) is 78.5 cm³/mol. The molecule has 0 spiro atoms. The molecule has 1 fully saturated rings. The van der Waals surface area contributed by atoms with E-state index in [9.17, 15) is 0 Å². The summed E-state index contributed by atoms with van der Waals surface area (Å²) in [6.45, 7) is 2.06. The average molecular weight is 305 g/mol. The molecule has 0 saturated heterocycles. The molecule has 1 saturated carbocycles. The highest BCUT2D eigenvalue weighted by Crippen LogP contribution is 2.27. The monoisotopic (exact) mass is 304 g/mol. The van der Waals surface area contributed by atoms with Gasteiger partial charge in [-0.2, -0.15) is 0 Å². The largest absolute Gasteiger partial charge is 0.312 e. The number of fused-ring (bicyclic) bond motifs is 1. The second-order valence-corrected chi connectivity index (χ2v) is 5.89. The average Bonchev–Trinajstić information content (AvgIpc) is 2.35. The Balaban J connectivity index is 1.76. The predicted octanol–water partition coefficient (Wildman–Crippen LogP) is 3.89. The Morgan fingerprint density at radius 1 is 1.28 bits per heavy atom. The lowest BCUT2D eigenvalue weighted by molar-refractivity contribution is 0.301. The molecule has 3 heteroatoms. The van der Waals surface area contributed by atoms with Crippen molar-refractivity contribution in [1.82, 2.24) is 10.3 Å². The summed E-state index contributed by atoms with van der Waals surface area (Å²) in [5.74, 6) is 0.902. The van der Waals surface area contributed by atoms with Gasteiger partial charge in [-0.15, -0.1) is 0 Å². The Bertz CT molecular complexity index is 549. The summed E-state index contributed by atoms with van der Waals surface area (Å²) < 4.78 is 1.12. The first-order valence-electron chi connectivity index (χ1n) is 6.57. The highest BCUT2D eigenvalue weighted by Gasteiger charge is 2.16. The van der Waals surface area contributed by atoms with Crippen LogP contribution in [0.5, 0.6) is 0 Å². The molecule has 1 heterocycles. The van der Waals surface area contributed by atoms with Crippen LogP contribution in [0.4, 0.5) is 0 Å². The van der Waals surface area contributed by atoms with Gasteiger partial charge in [0.15, 0.2) is 0 Å². The Labute approximate surface area is 116 Å². The maximum absolute atomic E-state index is 4.50. The number of rotatable bonds is 4. The first-order chi connectivity index (χ1) is 8.84. The van der Waals surface area contributed by atoms with E-state index in [1.807, 2.05) is 12.3 Å². The summed E-state index contributed by atoms with van der Waals surface area (Å²) in [4.78, 5) is 4.50. The summed E-state index contributed by atoms with van der Waals surface area (Å²) in [7, 11) is 0. The van der Waals surface area contributed by atoms with E-state index < -0.39 is 0 Å². The zero-order valence-electron chi connectivity index (χ0n) is 10.3. The van der Waals surface area contributed by atoms with Crippen molar-refractivity contribution in [2.75, 3.05) is 6.54 Å². The summed E-state index contributed by atoms with van der Waals surface area (Å²) in [6, 6.07) is 8.37. The Morgan fingerprint density at radius 3 is 2.94 bits per heavy atom. The van der Waals surface area contributed by atoms with Gasteiger partial charge in [0.2, 0.25) is 0 Å². The van der Waals surface area contributed by atoms with Gasteiger partial charge in [0.05, 0.1) is 5.52 Å². The smallest absolute Gasteiger partial charge is 0.0758 e. The van der Waals surface area contributed by atoms with Crippen molar-refractivity contribution in [3.05, 3.63) is 40.5 Å². The van der Waals surface area contributed by atoms with Gasteiger partial charge in [0.25, 0.3) is 0 Å². The number of nitrogens with one attached hydrogen (secondary N) is 1. The summed E-state index contributed by atoms with van der Waals surface area (Å²) in [6.07, 6.45) is 6.07. The third-order valence-corrected chi connectivity index (χ3v) is 4.46. The van der Waals surface area contributed by atoms with E-state index in [-0.39, 0.29) is 0 Å². The maximum Gasteiger partial charge on any atom is 0.0758 e. The van der Waals surface area contributed by atoms with E-state index in [1.54, 1.807) is 0 Å². The van der Waals surface area contributed by atoms with Crippen LogP contribution < -0.4 is 5.32 Å². The summed E-state index contributed by atoms with van der Waals surface area (Å²) in [5, 5.41) is 4.75. The zero-order valence-corrected chi connectivity index (χ0v) is 11.9. The van der Waals surface area contributed by atoms with Crippen LogP contribution in [-0.2, 0) is 6.54 Å². The van der Waals surface area contributed by atoms with Gasteiger partial charge in [0, 0.05) is 22.6 Å². The minimum atomic E-state index is 0.902. The number of hydrogen-bond acceptors (Lipinski definition) is 2. The molecule has 0 bridgehead atoms. The third-order valence-electron chi connectivity index (χ3n) is 3.77. The van der Waals surface area contributed by atoms with Gasteiger partial charge in [-0.3, -0.25) is 4.98 Å². The normalized spacial score (nSPS) is 15.8. The van der Waals surface area contributed by atoms with Crippen LogP contribution in [-0.4, -0.2) is 11.5 Å². The van der Waals surface area contributed by atoms with Crippen LogP contribution in [0.15, 0.2) is 34.9 Å². The van der Waals surface area contributed by atoms with Crippen molar-refractivity contribution in [1.29, 1.82) is 0 Å². The molecule has 0 atom stereocenters. The zero-order chi connectivity index (χ0) is 12.4. The van der Waals surface area contributed by atoms with Crippen LogP contribution in [0.1, 0.15) is 24.8 Å². The number of aromatic nitrogens is 1. The Hall–Kier alpha value is -0.930. The van der Waals surface area contributed by atoms with Gasteiger partial charge in [-0.1, -0.05) is 34.5 Å². The second-order valence-electron chi connectivity index (χ2n) is 5.03. The lowest BCUT2D eigenvalue weighted by Gasteiger charge is -2.25. The Kier molecular flexibility index (Phi) is 3.62. The standard InChI is InChI=1S/C15H17BrN2/c16-14-7-6-12(10-17-9-11-3-1-4-11)15-13(14)5-2-8-18-15/h2,5-8,11,17H,1,3-4,9-10H2. The molecule has 2 aromatic rings. The highest BCUT2D eigenvalue weighted by atomic mass is 79.9. The maximum atomic E-state index is 4.50. The number of pyridine rings is 1. The van der Waals surface area contributed by atoms with Crippen molar-refractivity contribution in [3.8, 4) is 0 Å². The molecule has 3 rings (SSSR count). The van der Waals surface area contributed by atoms with E-state index in [0.29, 0.717) is 0 Å². The van der Waals surface area contributed by atoms with Crippen LogP contribution >= 0.6 is 15.9 Å². The van der Waals surface area contributed by atoms with Crippen LogP contribution in [0, 0.1) is 5.92 Å². The van der Waals surface area contributed by atoms with E-state index in [0.717, 1.165) is 29.0 Å². The van der Waals surface area contributed by atoms with Gasteiger partial charge in [-0.05, 0) is 43.0 Å². The molecule has 2 nitrogen and oxygen atoms in total. The number of halogens is 1. The molecule has 1 aliphatic rings. The fourth-order valence-corrected chi connectivity index (χ4v) is 2.90. The molecule has 1 N–H and O–H groups in total. The summed E-state index contributed by atoms with van der Waals surface area (Å²) >= 11 is 3.58. The lowest BCUT2D eigenvalue weighted by Crippen LogP contribution is -2.27. The highest BCUT2D eigenvalue weighted by molar-refractivity contribution is 9.10. The number of hydrogen-bond donors (Lipinski definition) is 1. The minimum absolute atomic E-state index is 0.902. The van der Waals surface area contributed by atoms with E-state index >= 15 is 0 Å². The van der Waals surface area contributed by atoms with E-state index in [1.165, 1.54) is 30.2 Å². The quantitative estimate of drug-likeness (QED) is 0.927. The summed E-state index contributed by atoms with van der Waals surface area (Å²) in [5.41, 5.74) is 2.39. The lowest BCUT2D eigenvalue weighted by atomic mass is 9.85. The molecule has 0 radical (unpaired) electrons. The minimum Gasteiger partial charge on any atom is -0.312 e. The molecule has 1 aromatic heterocycles. The topological polar surface area (TPSA) is 24.9 Å². The number of nitrogens with zero attached hydrogens (tertiary/aromatic N) is 1. The molecule has 0 unspecified atom stereocenters. The van der Waals surface area contributed by atoms with Crippen LogP contribution in [0.3, 0.4) is 0 Å². The molecular formula is C15H17BrN2. The molecule has 94 valence electrons. The molecular weight excluding hydrogens is 288 g/mol. The van der Waals surface area contributed by atoms with Crippen LogP contribution in [0.25, 0.3) is 10.9 Å². The first-order valence-corrected chi connectivity index (χ1v) is 7.37. The van der Waals surface area contributed by atoms with E-state index in [4.69, 9.17) is 0 Å². The third kappa shape index (κ3) is 2.43. The van der Waals surface area contributed by atoms with Gasteiger partial charge in [-0.25, -0.2) is 0 Å². The Morgan fingerprint density at radius 2 is 2.17 bits per heavy atom. The van der Waals surface area contributed by atoms with Crippen LogP contribution in [0.2, 0.25) is 0 Å². The van der Waals surface area contributed by atoms with Gasteiger partial charge < -0.3 is 5.32 Å². The molecule has 0 amide bonds. The van der Waals surface area contributed by atoms with Crippen molar-refractivity contribution in [3.63, 3.8) is 0 Å². The number of benzene rings is 1. The van der Waals surface area contributed by atoms with Crippen molar-refractivity contribution in [2.45, 2.75) is 25.8 Å². The SMILES string of the molecule is Brc1ccc(CNCC2CCC2)c2ncccc12. The molecule has 0 aliphatic heterocycles. The van der Waals surface area contributed by atoms with Gasteiger partial charge >= 0.3 is 0 Å². The molecule has 1 aromatic carbocycles. The van der Waals surface area contributed by atoms with Gasteiger partial charge in [0.1, 0.15) is 0 Å². The van der Waals surface area contributed by atoms with Crippen molar-refractivity contribution >= 4 is 26.8 Å². The van der Waals surface area contributed by atoms with E-state index in [2.05, 4.69) is 44.4 Å². The fraction of sp³-hybridized carbons (Fsp3) is 0.400. The van der Waals surface area contributed by atoms with Crippen molar-refractivity contribution in [2.24, 2.45) is 5.92 Å². The molecule has 18 heavy (non-hydrogen) atoms.